The van der Waals surface area contributed by atoms with Crippen molar-refractivity contribution in [2.45, 2.75) is 12.5 Å². The van der Waals surface area contributed by atoms with Crippen molar-refractivity contribution in [2.75, 3.05) is 25.0 Å². The van der Waals surface area contributed by atoms with Gasteiger partial charge in [-0.3, -0.25) is 0 Å². The zero-order chi connectivity index (χ0) is 18.1. The predicted octanol–water partition coefficient (Wildman–Crippen LogP) is 3.49. The summed E-state index contributed by atoms with van der Waals surface area (Å²) in [5.41, 5.74) is 1.92. The minimum atomic E-state index is -0.900. The highest BCUT2D eigenvalue weighted by Gasteiger charge is 2.29. The van der Waals surface area contributed by atoms with Gasteiger partial charge in [-0.2, -0.15) is 0 Å². The van der Waals surface area contributed by atoms with Gasteiger partial charge in [0, 0.05) is 31.9 Å². The maximum atomic E-state index is 11.2. The quantitative estimate of drug-likeness (QED) is 0.785. The molecule has 1 aliphatic rings. The van der Waals surface area contributed by atoms with Crippen LogP contribution in [0.4, 0.5) is 10.7 Å². The van der Waals surface area contributed by atoms with E-state index in [1.807, 2.05) is 18.2 Å². The number of likely N-dealkylation sites (N-methyl/N-ethyl adjacent to an activating group) is 1. The molecule has 1 N–H and O–H groups in total. The summed E-state index contributed by atoms with van der Waals surface area (Å²) in [7, 11) is 1.61. The normalized spacial score (nSPS) is 16.8. The minimum absolute atomic E-state index is 0.0274. The minimum Gasteiger partial charge on any atom is -0.465 e. The molecule has 1 saturated heterocycles. The third-order valence-corrected chi connectivity index (χ3v) is 4.98. The van der Waals surface area contributed by atoms with Gasteiger partial charge < -0.3 is 14.9 Å². The van der Waals surface area contributed by atoms with Crippen LogP contribution in [0.5, 0.6) is 0 Å². The highest BCUT2D eigenvalue weighted by atomic mass is 16.4. The second-order valence-corrected chi connectivity index (χ2v) is 6.59. The van der Waals surface area contributed by atoms with E-state index in [1.165, 1.54) is 15.7 Å². The zero-order valence-corrected chi connectivity index (χ0v) is 14.5. The molecule has 0 spiro atoms. The summed E-state index contributed by atoms with van der Waals surface area (Å²) in [5, 5.41) is 11.5. The first-order chi connectivity index (χ1) is 12.6. The second-order valence-electron chi connectivity index (χ2n) is 6.59. The van der Waals surface area contributed by atoms with Gasteiger partial charge in [-0.05, 0) is 29.3 Å². The van der Waals surface area contributed by atoms with Crippen molar-refractivity contribution >= 4 is 22.8 Å². The molecule has 1 atom stereocenters. The Morgan fingerprint density at radius 2 is 2.00 bits per heavy atom. The van der Waals surface area contributed by atoms with Gasteiger partial charge in [-0.25, -0.2) is 14.8 Å². The third kappa shape index (κ3) is 3.06. The molecule has 2 aromatic carbocycles. The lowest BCUT2D eigenvalue weighted by molar-refractivity contribution is 0.142. The molecule has 1 aliphatic heterocycles. The van der Waals surface area contributed by atoms with E-state index in [1.54, 1.807) is 13.2 Å². The van der Waals surface area contributed by atoms with E-state index in [-0.39, 0.29) is 6.04 Å². The number of benzene rings is 2. The molecule has 0 aliphatic carbocycles. The molecular weight excluding hydrogens is 328 g/mol. The number of anilines is 1. The smallest absolute Gasteiger partial charge is 0.407 e. The first-order valence-electron chi connectivity index (χ1n) is 8.65. The maximum Gasteiger partial charge on any atom is 0.407 e. The van der Waals surface area contributed by atoms with Crippen molar-refractivity contribution in [2.24, 2.45) is 0 Å². The number of amides is 1. The molecule has 6 nitrogen and oxygen atoms in total. The number of rotatable bonds is 3. The largest absolute Gasteiger partial charge is 0.465 e. The molecule has 0 bridgehead atoms. The van der Waals surface area contributed by atoms with Crippen molar-refractivity contribution in [1.82, 2.24) is 14.9 Å². The van der Waals surface area contributed by atoms with Crippen molar-refractivity contribution in [3.8, 4) is 11.3 Å². The molecule has 26 heavy (non-hydrogen) atoms. The molecule has 1 fully saturated rings. The van der Waals surface area contributed by atoms with Crippen LogP contribution in [0.15, 0.2) is 54.7 Å². The molecule has 0 saturated carbocycles. The Bertz CT molecular complexity index is 959. The highest BCUT2D eigenvalue weighted by Crippen LogP contribution is 2.25. The molecule has 6 heteroatoms. The topological polar surface area (TPSA) is 69.6 Å². The van der Waals surface area contributed by atoms with Gasteiger partial charge >= 0.3 is 6.09 Å². The Labute approximate surface area is 151 Å². The Morgan fingerprint density at radius 1 is 1.19 bits per heavy atom. The fraction of sp³-hybridized carbons (Fsp3) is 0.250. The van der Waals surface area contributed by atoms with E-state index in [0.717, 1.165) is 24.2 Å². The Hall–Kier alpha value is -3.15. The van der Waals surface area contributed by atoms with Crippen LogP contribution in [0.1, 0.15) is 6.42 Å². The lowest BCUT2D eigenvalue weighted by Crippen LogP contribution is -2.38. The van der Waals surface area contributed by atoms with Gasteiger partial charge in [0.25, 0.3) is 0 Å². The molecule has 3 aromatic rings. The van der Waals surface area contributed by atoms with E-state index in [2.05, 4.69) is 40.2 Å². The molecule has 2 heterocycles. The average molecular weight is 348 g/mol. The summed E-state index contributed by atoms with van der Waals surface area (Å²) in [6.07, 6.45) is 1.65. The van der Waals surface area contributed by atoms with Crippen molar-refractivity contribution in [3.63, 3.8) is 0 Å². The van der Waals surface area contributed by atoms with Gasteiger partial charge in [-0.15, -0.1) is 0 Å². The summed E-state index contributed by atoms with van der Waals surface area (Å²) >= 11 is 0. The third-order valence-electron chi connectivity index (χ3n) is 4.98. The number of carbonyl (C=O) groups is 1. The second kappa shape index (κ2) is 6.63. The van der Waals surface area contributed by atoms with Gasteiger partial charge in [0.1, 0.15) is 0 Å². The van der Waals surface area contributed by atoms with Gasteiger partial charge in [0.05, 0.1) is 11.7 Å². The van der Waals surface area contributed by atoms with E-state index in [9.17, 15) is 4.79 Å². The number of nitrogens with zero attached hydrogens (tertiary/aromatic N) is 4. The van der Waals surface area contributed by atoms with Crippen LogP contribution in [0.2, 0.25) is 0 Å². The molecule has 4 rings (SSSR count). The molecule has 132 valence electrons. The van der Waals surface area contributed by atoms with Crippen LogP contribution in [-0.2, 0) is 0 Å². The van der Waals surface area contributed by atoms with Crippen molar-refractivity contribution in [1.29, 1.82) is 0 Å². The van der Waals surface area contributed by atoms with Gasteiger partial charge in [0.2, 0.25) is 5.95 Å². The van der Waals surface area contributed by atoms with E-state index < -0.39 is 6.09 Å². The Morgan fingerprint density at radius 3 is 2.81 bits per heavy atom. The molecule has 1 amide bonds. The first kappa shape index (κ1) is 16.3. The standard InChI is InChI=1S/C20H20N4O2/c1-23(20(25)26)17-9-11-24(13-17)19-21-10-8-18(22-19)16-7-6-14-4-2-3-5-15(14)12-16/h2-8,10,12,17H,9,11,13H2,1H3,(H,25,26)/t17-/m1/s1. The van der Waals surface area contributed by atoms with Gasteiger partial charge in [-0.1, -0.05) is 36.4 Å². The van der Waals surface area contributed by atoms with Crippen LogP contribution < -0.4 is 4.90 Å². The average Bonchev–Trinajstić information content (AvgIpc) is 3.17. The predicted molar refractivity (Wildman–Crippen MR) is 101 cm³/mol. The summed E-state index contributed by atoms with van der Waals surface area (Å²) < 4.78 is 0. The molecule has 1 aromatic heterocycles. The SMILES string of the molecule is CN(C(=O)O)[C@@H]1CCN(c2nccc(-c3ccc4ccccc4c3)n2)C1. The first-order valence-corrected chi connectivity index (χ1v) is 8.65. The number of carboxylic acid groups (broad SMARTS) is 1. The fourth-order valence-electron chi connectivity index (χ4n) is 3.41. The number of fused-ring (bicyclic) bond motifs is 1. The van der Waals surface area contributed by atoms with Gasteiger partial charge in [0.15, 0.2) is 0 Å². The molecule has 0 unspecified atom stereocenters. The summed E-state index contributed by atoms with van der Waals surface area (Å²) in [4.78, 5) is 23.7. The van der Waals surface area contributed by atoms with Crippen LogP contribution in [0.3, 0.4) is 0 Å². The molecular formula is C20H20N4O2. The maximum absolute atomic E-state index is 11.2. The Kier molecular flexibility index (Phi) is 4.16. The number of hydrogen-bond acceptors (Lipinski definition) is 4. The van der Waals surface area contributed by atoms with Crippen molar-refractivity contribution in [3.05, 3.63) is 54.7 Å². The highest BCUT2D eigenvalue weighted by molar-refractivity contribution is 5.86. The van der Waals surface area contributed by atoms with Crippen LogP contribution >= 0.6 is 0 Å². The zero-order valence-electron chi connectivity index (χ0n) is 14.5. The number of hydrogen-bond donors (Lipinski definition) is 1. The summed E-state index contributed by atoms with van der Waals surface area (Å²) in [6, 6.07) is 16.4. The van der Waals surface area contributed by atoms with E-state index in [0.29, 0.717) is 12.5 Å². The lowest BCUT2D eigenvalue weighted by atomic mass is 10.1. The fourth-order valence-corrected chi connectivity index (χ4v) is 3.41. The van der Waals surface area contributed by atoms with Crippen LogP contribution in [0, 0.1) is 0 Å². The van der Waals surface area contributed by atoms with E-state index >= 15 is 0 Å². The Balaban J connectivity index is 1.59. The summed E-state index contributed by atoms with van der Waals surface area (Å²) in [6.45, 7) is 1.37. The molecule has 0 radical (unpaired) electrons. The summed E-state index contributed by atoms with van der Waals surface area (Å²) in [5.74, 6) is 0.650. The van der Waals surface area contributed by atoms with E-state index in [4.69, 9.17) is 10.1 Å². The number of aromatic nitrogens is 2. The van der Waals surface area contributed by atoms with Crippen LogP contribution in [0.25, 0.3) is 22.0 Å². The monoisotopic (exact) mass is 348 g/mol. The van der Waals surface area contributed by atoms with Crippen molar-refractivity contribution < 1.29 is 9.90 Å². The lowest BCUT2D eigenvalue weighted by Gasteiger charge is -2.22. The van der Waals surface area contributed by atoms with Crippen LogP contribution in [-0.4, -0.2) is 52.2 Å².